The number of imidazole rings is 1. The van der Waals surface area contributed by atoms with Crippen molar-refractivity contribution in [2.24, 2.45) is 0 Å². The van der Waals surface area contributed by atoms with Gasteiger partial charge in [0.05, 0.1) is 5.69 Å². The van der Waals surface area contributed by atoms with E-state index in [0.29, 0.717) is 30.2 Å². The van der Waals surface area contributed by atoms with Crippen molar-refractivity contribution in [3.8, 4) is 0 Å². The number of amides is 1. The SMILES string of the molecule is CC(C)c1cc(C(=O)N2CCC(c3nc4ccc(F)cn4c3NC(C)(C)C)CC2)no1. The van der Waals surface area contributed by atoms with Crippen LogP contribution < -0.4 is 5.32 Å². The number of nitrogens with zero attached hydrogens (tertiary/aromatic N) is 4. The lowest BCUT2D eigenvalue weighted by Gasteiger charge is -2.32. The lowest BCUT2D eigenvalue weighted by molar-refractivity contribution is 0.0701. The summed E-state index contributed by atoms with van der Waals surface area (Å²) in [4.78, 5) is 19.5. The highest BCUT2D eigenvalue weighted by molar-refractivity contribution is 5.92. The molecule has 0 aromatic carbocycles. The number of halogens is 1. The molecular weight excluding hydrogens is 397 g/mol. The van der Waals surface area contributed by atoms with Gasteiger partial charge < -0.3 is 14.7 Å². The smallest absolute Gasteiger partial charge is 0.276 e. The van der Waals surface area contributed by atoms with Gasteiger partial charge in [0.1, 0.15) is 23.0 Å². The second-order valence-electron chi connectivity index (χ2n) is 9.63. The molecule has 0 saturated carbocycles. The average Bonchev–Trinajstić information content (AvgIpc) is 3.32. The first-order valence-corrected chi connectivity index (χ1v) is 10.8. The highest BCUT2D eigenvalue weighted by Gasteiger charge is 2.31. The monoisotopic (exact) mass is 427 g/mol. The van der Waals surface area contributed by atoms with E-state index in [1.54, 1.807) is 16.5 Å². The molecule has 0 aliphatic carbocycles. The number of hydrogen-bond donors (Lipinski definition) is 1. The molecule has 1 saturated heterocycles. The van der Waals surface area contributed by atoms with Crippen molar-refractivity contribution in [2.75, 3.05) is 18.4 Å². The van der Waals surface area contributed by atoms with Crippen LogP contribution in [0.1, 0.15) is 81.2 Å². The van der Waals surface area contributed by atoms with E-state index < -0.39 is 0 Å². The second kappa shape index (κ2) is 7.98. The molecule has 0 bridgehead atoms. The highest BCUT2D eigenvalue weighted by Crippen LogP contribution is 2.35. The molecule has 3 aromatic heterocycles. The summed E-state index contributed by atoms with van der Waals surface area (Å²) in [6.45, 7) is 11.4. The Labute approximate surface area is 181 Å². The normalized spacial score (nSPS) is 15.8. The van der Waals surface area contributed by atoms with Gasteiger partial charge in [0, 0.05) is 42.7 Å². The number of fused-ring (bicyclic) bond motifs is 1. The van der Waals surface area contributed by atoms with Crippen LogP contribution in [-0.4, -0.2) is 44.0 Å². The van der Waals surface area contributed by atoms with Gasteiger partial charge in [-0.3, -0.25) is 9.20 Å². The lowest BCUT2D eigenvalue weighted by Crippen LogP contribution is -2.38. The summed E-state index contributed by atoms with van der Waals surface area (Å²) in [7, 11) is 0. The summed E-state index contributed by atoms with van der Waals surface area (Å²) < 4.78 is 21.0. The average molecular weight is 428 g/mol. The summed E-state index contributed by atoms with van der Waals surface area (Å²) in [6.07, 6.45) is 3.03. The molecule has 1 aliphatic heterocycles. The molecule has 1 fully saturated rings. The molecule has 1 aliphatic rings. The zero-order valence-corrected chi connectivity index (χ0v) is 18.8. The van der Waals surface area contributed by atoms with E-state index in [1.165, 1.54) is 12.3 Å². The van der Waals surface area contributed by atoms with Gasteiger partial charge in [-0.1, -0.05) is 19.0 Å². The van der Waals surface area contributed by atoms with E-state index in [2.05, 4.69) is 31.2 Å². The van der Waals surface area contributed by atoms with E-state index in [-0.39, 0.29) is 29.1 Å². The molecular formula is C23H30FN5O2. The maximum Gasteiger partial charge on any atom is 0.276 e. The number of likely N-dealkylation sites (tertiary alicyclic amines) is 1. The van der Waals surface area contributed by atoms with Crippen LogP contribution in [0.2, 0.25) is 0 Å². The van der Waals surface area contributed by atoms with Crippen molar-refractivity contribution in [3.63, 3.8) is 0 Å². The predicted molar refractivity (Wildman–Crippen MR) is 117 cm³/mol. The number of carbonyl (C=O) groups excluding carboxylic acids is 1. The minimum Gasteiger partial charge on any atom is -0.365 e. The number of piperidine rings is 1. The minimum absolute atomic E-state index is 0.0980. The van der Waals surface area contributed by atoms with Gasteiger partial charge in [-0.15, -0.1) is 0 Å². The van der Waals surface area contributed by atoms with Gasteiger partial charge in [0.15, 0.2) is 5.69 Å². The van der Waals surface area contributed by atoms with Crippen LogP contribution in [0.25, 0.3) is 5.65 Å². The second-order valence-corrected chi connectivity index (χ2v) is 9.63. The Morgan fingerprint density at radius 2 is 1.97 bits per heavy atom. The summed E-state index contributed by atoms with van der Waals surface area (Å²) in [5, 5.41) is 7.46. The molecule has 1 N–H and O–H groups in total. The van der Waals surface area contributed by atoms with Gasteiger partial charge in [-0.2, -0.15) is 0 Å². The molecule has 4 rings (SSSR count). The van der Waals surface area contributed by atoms with Crippen LogP contribution in [0.4, 0.5) is 10.2 Å². The van der Waals surface area contributed by atoms with Crippen molar-refractivity contribution in [1.29, 1.82) is 0 Å². The highest BCUT2D eigenvalue weighted by atomic mass is 19.1. The molecule has 0 radical (unpaired) electrons. The molecule has 1 amide bonds. The Hall–Kier alpha value is -2.90. The summed E-state index contributed by atoms with van der Waals surface area (Å²) in [5.41, 5.74) is 1.80. The van der Waals surface area contributed by atoms with Crippen molar-refractivity contribution < 1.29 is 13.7 Å². The lowest BCUT2D eigenvalue weighted by atomic mass is 9.92. The summed E-state index contributed by atoms with van der Waals surface area (Å²) in [6, 6.07) is 4.86. The fourth-order valence-electron chi connectivity index (χ4n) is 3.98. The molecule has 3 aromatic rings. The van der Waals surface area contributed by atoms with Crippen LogP contribution in [0.3, 0.4) is 0 Å². The Morgan fingerprint density at radius 3 is 2.58 bits per heavy atom. The number of pyridine rings is 1. The molecule has 0 unspecified atom stereocenters. The number of carbonyl (C=O) groups is 1. The van der Waals surface area contributed by atoms with E-state index >= 15 is 0 Å². The third-order valence-corrected chi connectivity index (χ3v) is 5.59. The molecule has 7 nitrogen and oxygen atoms in total. The minimum atomic E-state index is -0.304. The number of nitrogens with one attached hydrogen (secondary N) is 1. The first-order chi connectivity index (χ1) is 14.6. The first kappa shape index (κ1) is 21.3. The molecule has 166 valence electrons. The fraction of sp³-hybridized carbons (Fsp3) is 0.522. The van der Waals surface area contributed by atoms with Crippen LogP contribution in [0, 0.1) is 5.82 Å². The third-order valence-electron chi connectivity index (χ3n) is 5.59. The van der Waals surface area contributed by atoms with E-state index in [1.807, 2.05) is 18.7 Å². The standard InChI is InChI=1S/C23H30FN5O2/c1-14(2)18-12-17(27-31-18)22(30)28-10-8-15(9-11-28)20-21(26-23(3,4)5)29-13-16(24)6-7-19(29)25-20/h6-7,12-15,26H,8-11H2,1-5H3. The van der Waals surface area contributed by atoms with Crippen LogP contribution in [0.15, 0.2) is 28.9 Å². The van der Waals surface area contributed by atoms with Crippen LogP contribution >= 0.6 is 0 Å². The van der Waals surface area contributed by atoms with E-state index in [0.717, 1.165) is 24.4 Å². The fourth-order valence-corrected chi connectivity index (χ4v) is 3.98. The molecule has 0 spiro atoms. The molecule has 8 heteroatoms. The number of rotatable bonds is 4. The van der Waals surface area contributed by atoms with E-state index in [4.69, 9.17) is 9.51 Å². The van der Waals surface area contributed by atoms with Crippen molar-refractivity contribution >= 4 is 17.4 Å². The number of hydrogen-bond acceptors (Lipinski definition) is 5. The molecule has 31 heavy (non-hydrogen) atoms. The zero-order chi connectivity index (χ0) is 22.3. The molecule has 4 heterocycles. The number of aromatic nitrogens is 3. The van der Waals surface area contributed by atoms with Gasteiger partial charge in [-0.25, -0.2) is 9.37 Å². The topological polar surface area (TPSA) is 75.7 Å². The largest absolute Gasteiger partial charge is 0.365 e. The Morgan fingerprint density at radius 1 is 1.26 bits per heavy atom. The van der Waals surface area contributed by atoms with Crippen molar-refractivity contribution in [2.45, 2.75) is 64.8 Å². The van der Waals surface area contributed by atoms with Crippen molar-refractivity contribution in [3.05, 3.63) is 47.4 Å². The number of anilines is 1. The zero-order valence-electron chi connectivity index (χ0n) is 18.8. The Bertz CT molecular complexity index is 1090. The van der Waals surface area contributed by atoms with Gasteiger partial charge in [-0.05, 0) is 45.7 Å². The van der Waals surface area contributed by atoms with Crippen molar-refractivity contribution in [1.82, 2.24) is 19.4 Å². The van der Waals surface area contributed by atoms with Gasteiger partial charge in [0.2, 0.25) is 0 Å². The van der Waals surface area contributed by atoms with E-state index in [9.17, 15) is 9.18 Å². The van der Waals surface area contributed by atoms with Gasteiger partial charge in [0.25, 0.3) is 5.91 Å². The Balaban J connectivity index is 1.54. The quantitative estimate of drug-likeness (QED) is 0.646. The summed E-state index contributed by atoms with van der Waals surface area (Å²) in [5.74, 6) is 1.51. The van der Waals surface area contributed by atoms with Crippen LogP contribution in [0.5, 0.6) is 0 Å². The van der Waals surface area contributed by atoms with Gasteiger partial charge >= 0.3 is 0 Å². The maximum atomic E-state index is 13.9. The predicted octanol–water partition coefficient (Wildman–Crippen LogP) is 4.82. The maximum absolute atomic E-state index is 13.9. The Kier molecular flexibility index (Phi) is 5.49. The summed E-state index contributed by atoms with van der Waals surface area (Å²) >= 11 is 0. The third kappa shape index (κ3) is 4.43. The molecule has 0 atom stereocenters. The van der Waals surface area contributed by atoms with Crippen LogP contribution in [-0.2, 0) is 0 Å². The first-order valence-electron chi connectivity index (χ1n) is 10.8.